The van der Waals surface area contributed by atoms with Crippen LogP contribution in [0.2, 0.25) is 0 Å². The summed E-state index contributed by atoms with van der Waals surface area (Å²) >= 11 is 1.69. The van der Waals surface area contributed by atoms with Crippen LogP contribution in [0, 0.1) is 18.1 Å². The van der Waals surface area contributed by atoms with Gasteiger partial charge in [-0.1, -0.05) is 85.1 Å². The first kappa shape index (κ1) is 35.3. The summed E-state index contributed by atoms with van der Waals surface area (Å²) in [6, 6.07) is 15.2. The molecule has 3 aliphatic rings. The van der Waals surface area contributed by atoms with Crippen LogP contribution in [0.3, 0.4) is 0 Å². The van der Waals surface area contributed by atoms with E-state index in [0.717, 1.165) is 6.42 Å². The third-order valence-corrected chi connectivity index (χ3v) is 8.69. The van der Waals surface area contributed by atoms with Gasteiger partial charge in [-0.25, -0.2) is 11.1 Å². The summed E-state index contributed by atoms with van der Waals surface area (Å²) in [7, 11) is 0. The van der Waals surface area contributed by atoms with E-state index in [9.17, 15) is 0 Å². The number of halogens is 2. The van der Waals surface area contributed by atoms with Crippen LogP contribution in [0.4, 0.5) is 0 Å². The summed E-state index contributed by atoms with van der Waals surface area (Å²) in [5, 5.41) is 0. The molecule has 1 fully saturated rings. The zero-order chi connectivity index (χ0) is 26.7. The fourth-order valence-electron chi connectivity index (χ4n) is 5.00. The molecule has 1 unspecified atom stereocenters. The van der Waals surface area contributed by atoms with Gasteiger partial charge in [0.1, 0.15) is 0 Å². The minimum absolute atomic E-state index is 0. The second-order valence-electron chi connectivity index (χ2n) is 12.9. The van der Waals surface area contributed by atoms with Crippen LogP contribution >= 0.6 is 0 Å². The molecule has 3 heteroatoms. The van der Waals surface area contributed by atoms with Gasteiger partial charge in [-0.2, -0.15) is 29.8 Å². The van der Waals surface area contributed by atoms with Gasteiger partial charge >= 0.3 is 59.5 Å². The topological polar surface area (TPSA) is 0 Å². The van der Waals surface area contributed by atoms with Crippen LogP contribution in [0.25, 0.3) is 11.1 Å². The molecule has 0 spiro atoms. The van der Waals surface area contributed by atoms with E-state index >= 15 is 0 Å². The Morgan fingerprint density at radius 2 is 1.42 bits per heavy atom. The van der Waals surface area contributed by atoms with Crippen LogP contribution < -0.4 is 24.8 Å². The quantitative estimate of drug-likeness (QED) is 0.334. The molecule has 0 radical (unpaired) electrons. The van der Waals surface area contributed by atoms with Gasteiger partial charge in [0.25, 0.3) is 0 Å². The molecule has 2 aromatic rings. The molecule has 38 heavy (non-hydrogen) atoms. The maximum absolute atomic E-state index is 3.67. The number of hydrogen-bond acceptors (Lipinski definition) is 0. The van der Waals surface area contributed by atoms with Crippen LogP contribution in [0.1, 0.15) is 117 Å². The van der Waals surface area contributed by atoms with Crippen molar-refractivity contribution in [3.05, 3.63) is 82.0 Å². The fraction of sp³-hybridized carbons (Fsp3) is 0.514. The van der Waals surface area contributed by atoms with Crippen molar-refractivity contribution in [2.24, 2.45) is 5.92 Å². The molecule has 0 amide bonds. The molecular formula is C35H46Cl2Zr-2. The minimum atomic E-state index is 0. The number of allylic oxidation sites excluding steroid dienone is 4. The van der Waals surface area contributed by atoms with Gasteiger partial charge in [0.05, 0.1) is 0 Å². The van der Waals surface area contributed by atoms with Crippen molar-refractivity contribution < 1.29 is 49.0 Å². The van der Waals surface area contributed by atoms with Crippen LogP contribution in [0.5, 0.6) is 0 Å². The third kappa shape index (κ3) is 9.71. The van der Waals surface area contributed by atoms with Crippen molar-refractivity contribution in [2.45, 2.75) is 112 Å². The molecule has 0 nitrogen and oxygen atoms in total. The first-order chi connectivity index (χ1) is 16.8. The maximum atomic E-state index is 3.67. The Morgan fingerprint density at radius 1 is 0.816 bits per heavy atom. The second-order valence-corrected chi connectivity index (χ2v) is 14.6. The van der Waals surface area contributed by atoms with Crippen molar-refractivity contribution in [3.8, 4) is 11.1 Å². The van der Waals surface area contributed by atoms with Crippen LogP contribution in [0.15, 0.2) is 47.6 Å². The van der Waals surface area contributed by atoms with E-state index in [4.69, 9.17) is 0 Å². The molecule has 0 bridgehead atoms. The predicted molar refractivity (Wildman–Crippen MR) is 154 cm³/mol. The normalized spacial score (nSPS) is 17.8. The van der Waals surface area contributed by atoms with Gasteiger partial charge < -0.3 is 24.8 Å². The SMILES string of the molecule is CC(C)(C)c1[c-]c2c(cc1)-c1ccc(C(C)(C)C)cc1C2.CC1=[C-]C(C)C=C1C.[Cl-].[Cl-].[Zr+2]=[C]1CCCCC1. The Labute approximate surface area is 261 Å². The van der Waals surface area contributed by atoms with Crippen molar-refractivity contribution in [3.63, 3.8) is 0 Å². The van der Waals surface area contributed by atoms with E-state index < -0.39 is 0 Å². The molecule has 0 N–H and O–H groups in total. The van der Waals surface area contributed by atoms with Gasteiger partial charge in [0.2, 0.25) is 0 Å². The average Bonchev–Trinajstić information content (AvgIpc) is 3.30. The molecule has 206 valence electrons. The summed E-state index contributed by atoms with van der Waals surface area (Å²) in [4.78, 5) is 0. The summed E-state index contributed by atoms with van der Waals surface area (Å²) in [5.41, 5.74) is 11.4. The second kappa shape index (κ2) is 14.8. The first-order valence-electron chi connectivity index (χ1n) is 13.8. The standard InChI is InChI=1S/C21H25.C8H11.C6H10.2ClH.Zr/c1-20(2,3)16-7-9-18-14(12-16)11-15-13-17(21(4,5)6)8-10-19(15)18;1-6-4-7(2)8(3)5-6;1-2-4-6-5-3-1;;;/h7-10,12H,11H2,1-6H3;4,6H,1-3H3;1-5H2;2*1H;/q2*-1;;;;+2/p-2. The van der Waals surface area contributed by atoms with E-state index in [2.05, 4.69) is 111 Å². The summed E-state index contributed by atoms with van der Waals surface area (Å²) in [5.74, 6) is 0.551. The first-order valence-corrected chi connectivity index (χ1v) is 15.0. The van der Waals surface area contributed by atoms with Gasteiger partial charge in [-0.3, -0.25) is 6.08 Å². The molecular weight excluding hydrogens is 583 g/mol. The molecule has 1 saturated carbocycles. The predicted octanol–water partition coefficient (Wildman–Crippen LogP) is 3.66. The van der Waals surface area contributed by atoms with Crippen LogP contribution in [-0.4, -0.2) is 3.21 Å². The Kier molecular flexibility index (Phi) is 13.7. The summed E-state index contributed by atoms with van der Waals surface area (Å²) in [6.07, 6.45) is 13.9. The van der Waals surface area contributed by atoms with E-state index in [1.54, 1.807) is 27.4 Å². The van der Waals surface area contributed by atoms with Crippen molar-refractivity contribution in [2.75, 3.05) is 0 Å². The summed E-state index contributed by atoms with van der Waals surface area (Å²) in [6.45, 7) is 20.0. The molecule has 0 saturated heterocycles. The number of benzene rings is 2. The van der Waals surface area contributed by atoms with Gasteiger partial charge in [0, 0.05) is 0 Å². The fourth-order valence-corrected chi connectivity index (χ4v) is 5.87. The monoisotopic (exact) mass is 626 g/mol. The third-order valence-electron chi connectivity index (χ3n) is 7.46. The molecule has 1 atom stereocenters. The van der Waals surface area contributed by atoms with E-state index in [0.29, 0.717) is 5.92 Å². The van der Waals surface area contributed by atoms with Crippen molar-refractivity contribution >= 4 is 3.21 Å². The molecule has 0 aromatic heterocycles. The van der Waals surface area contributed by atoms with Crippen molar-refractivity contribution in [1.82, 2.24) is 0 Å². The molecule has 2 aromatic carbocycles. The molecule has 3 aliphatic carbocycles. The number of rotatable bonds is 0. The number of fused-ring (bicyclic) bond motifs is 3. The Balaban J connectivity index is 0.000000351. The van der Waals surface area contributed by atoms with E-state index in [1.807, 2.05) is 0 Å². The zero-order valence-corrected chi connectivity index (χ0v) is 29.0. The summed E-state index contributed by atoms with van der Waals surface area (Å²) < 4.78 is 1.80. The van der Waals surface area contributed by atoms with Gasteiger partial charge in [0.15, 0.2) is 0 Å². The molecule has 5 rings (SSSR count). The Morgan fingerprint density at radius 3 is 1.84 bits per heavy atom. The van der Waals surface area contributed by atoms with E-state index in [-0.39, 0.29) is 35.6 Å². The van der Waals surface area contributed by atoms with E-state index in [1.165, 1.54) is 76.6 Å². The van der Waals surface area contributed by atoms with Crippen LogP contribution in [-0.2, 0) is 41.5 Å². The van der Waals surface area contributed by atoms with Gasteiger partial charge in [-0.05, 0) is 28.4 Å². The average molecular weight is 629 g/mol. The van der Waals surface area contributed by atoms with Crippen molar-refractivity contribution in [1.29, 1.82) is 0 Å². The molecule has 0 aliphatic heterocycles. The Bertz CT molecular complexity index is 1070. The number of hydrogen-bond donors (Lipinski definition) is 0. The van der Waals surface area contributed by atoms with Gasteiger partial charge in [-0.15, -0.1) is 18.1 Å². The Hall–Kier alpha value is -0.747. The molecule has 0 heterocycles. The zero-order valence-electron chi connectivity index (χ0n) is 25.0.